The summed E-state index contributed by atoms with van der Waals surface area (Å²) in [4.78, 5) is 4.90. The van der Waals surface area contributed by atoms with E-state index in [1.165, 1.54) is 33.4 Å². The number of hydrogen-bond donors (Lipinski definition) is 0. The lowest BCUT2D eigenvalue weighted by Crippen LogP contribution is -2.33. The summed E-state index contributed by atoms with van der Waals surface area (Å²) >= 11 is 0. The lowest BCUT2D eigenvalue weighted by molar-refractivity contribution is 0.592. The number of benzene rings is 7. The van der Waals surface area contributed by atoms with E-state index in [0.29, 0.717) is 0 Å². The van der Waals surface area contributed by atoms with Crippen molar-refractivity contribution in [1.82, 2.24) is 9.55 Å². The van der Waals surface area contributed by atoms with Gasteiger partial charge >= 0.3 is 0 Å². The lowest BCUT2D eigenvalue weighted by Gasteiger charge is -2.34. The van der Waals surface area contributed by atoms with Gasteiger partial charge < -0.3 is 4.57 Å². The van der Waals surface area contributed by atoms with Gasteiger partial charge in [0.2, 0.25) is 0 Å². The van der Waals surface area contributed by atoms with Gasteiger partial charge in [0.15, 0.2) is 7.14 Å². The maximum Gasteiger partial charge on any atom is 0.175 e. The zero-order valence-electron chi connectivity index (χ0n) is 26.9. The Balaban J connectivity index is 1.25. The fourth-order valence-corrected chi connectivity index (χ4v) is 11.6. The monoisotopic (exact) mass is 646 g/mol. The van der Waals surface area contributed by atoms with Gasteiger partial charge in [0.05, 0.1) is 22.1 Å². The molecule has 0 N–H and O–H groups in total. The lowest BCUT2D eigenvalue weighted by atomic mass is 9.67. The Bertz CT molecular complexity index is 2600. The fourth-order valence-electron chi connectivity index (χ4n) is 8.59. The van der Waals surface area contributed by atoms with E-state index in [0.717, 1.165) is 49.6 Å². The van der Waals surface area contributed by atoms with Crippen LogP contribution < -0.4 is 15.9 Å². The molecule has 8 aromatic rings. The van der Waals surface area contributed by atoms with Crippen molar-refractivity contribution < 1.29 is 4.57 Å². The summed E-state index contributed by atoms with van der Waals surface area (Å²) in [5, 5.41) is 2.53. The summed E-state index contributed by atoms with van der Waals surface area (Å²) in [6.07, 6.45) is 0. The molecule has 0 radical (unpaired) electrons. The molecule has 1 aliphatic carbocycles. The fraction of sp³-hybridized carbons (Fsp3) is 0.0444. The third-order valence-corrected chi connectivity index (χ3v) is 13.7. The van der Waals surface area contributed by atoms with Crippen LogP contribution in [-0.2, 0) is 9.98 Å². The van der Waals surface area contributed by atoms with E-state index in [4.69, 9.17) is 4.98 Å². The molecule has 3 nitrogen and oxygen atoms in total. The second-order valence-electron chi connectivity index (χ2n) is 13.1. The van der Waals surface area contributed by atoms with Crippen molar-refractivity contribution in [2.75, 3.05) is 0 Å². The first-order chi connectivity index (χ1) is 24.1. The second-order valence-corrected chi connectivity index (χ2v) is 15.8. The van der Waals surface area contributed by atoms with Crippen LogP contribution in [0.5, 0.6) is 0 Å². The minimum absolute atomic E-state index is 0.490. The highest BCUT2D eigenvalue weighted by Crippen LogP contribution is 2.57. The molecule has 1 aliphatic heterocycles. The average molecular weight is 647 g/mol. The molecule has 0 fully saturated rings. The van der Waals surface area contributed by atoms with Crippen molar-refractivity contribution in [3.05, 3.63) is 198 Å². The van der Waals surface area contributed by atoms with Crippen molar-refractivity contribution in [2.45, 2.75) is 12.3 Å². The van der Waals surface area contributed by atoms with Crippen LogP contribution in [0.4, 0.5) is 0 Å². The van der Waals surface area contributed by atoms with Crippen LogP contribution in [0.3, 0.4) is 0 Å². The summed E-state index contributed by atoms with van der Waals surface area (Å²) in [5.41, 5.74) is 11.9. The van der Waals surface area contributed by atoms with Gasteiger partial charge in [-0.15, -0.1) is 0 Å². The van der Waals surface area contributed by atoms with E-state index in [2.05, 4.69) is 126 Å². The van der Waals surface area contributed by atoms with Gasteiger partial charge in [-0.25, -0.2) is 4.98 Å². The summed E-state index contributed by atoms with van der Waals surface area (Å²) in [7, 11) is -3.24. The Morgan fingerprint density at radius 1 is 0.551 bits per heavy atom. The Morgan fingerprint density at radius 2 is 1.16 bits per heavy atom. The number of hydrogen-bond acceptors (Lipinski definition) is 2. The van der Waals surface area contributed by atoms with E-state index in [9.17, 15) is 0 Å². The Kier molecular flexibility index (Phi) is 5.98. The third kappa shape index (κ3) is 3.74. The molecule has 0 saturated heterocycles. The van der Waals surface area contributed by atoms with Gasteiger partial charge in [0, 0.05) is 15.9 Å². The topological polar surface area (TPSA) is 34.9 Å². The van der Waals surface area contributed by atoms with Crippen LogP contribution in [0.25, 0.3) is 39.0 Å². The van der Waals surface area contributed by atoms with Crippen molar-refractivity contribution in [2.24, 2.45) is 0 Å². The van der Waals surface area contributed by atoms with Crippen LogP contribution in [0.1, 0.15) is 28.1 Å². The first-order valence-corrected chi connectivity index (χ1v) is 18.5. The van der Waals surface area contributed by atoms with Crippen LogP contribution in [-0.4, -0.2) is 9.55 Å². The first-order valence-electron chi connectivity index (χ1n) is 16.8. The number of rotatable bonds is 4. The molecule has 232 valence electrons. The number of aryl methyl sites for hydroxylation is 1. The molecule has 49 heavy (non-hydrogen) atoms. The molecule has 0 saturated carbocycles. The molecular formula is C45H31N2OP. The zero-order chi connectivity index (χ0) is 32.7. The van der Waals surface area contributed by atoms with Gasteiger partial charge in [-0.1, -0.05) is 140 Å². The van der Waals surface area contributed by atoms with Crippen molar-refractivity contribution in [1.29, 1.82) is 0 Å². The minimum Gasteiger partial charge on any atom is -0.308 e. The maximum atomic E-state index is 15.8. The van der Waals surface area contributed by atoms with Crippen LogP contribution in [0.2, 0.25) is 0 Å². The average Bonchev–Trinajstić information content (AvgIpc) is 3.67. The number of aromatic nitrogens is 2. The standard InChI is InChI=1S/C45H31N2OP/c1-30-46-40-22-13-23-42-44(40)47(30)41-27-25-32(29-43(41)49(42,48)35-18-9-4-10-19-35)31-24-26-37-36-20-11-12-21-38(36)45(39(37)28-31,33-14-5-2-6-15-33)34-16-7-3-8-17-34/h2-29H,1H3. The summed E-state index contributed by atoms with van der Waals surface area (Å²) in [6.45, 7) is 2.03. The largest absolute Gasteiger partial charge is 0.308 e. The first kappa shape index (κ1) is 28.3. The quantitative estimate of drug-likeness (QED) is 0.179. The predicted octanol–water partition coefficient (Wildman–Crippen LogP) is 9.32. The molecular weight excluding hydrogens is 615 g/mol. The molecule has 0 spiro atoms. The summed E-state index contributed by atoms with van der Waals surface area (Å²) in [6, 6.07) is 60.0. The van der Waals surface area contributed by atoms with Crippen LogP contribution in [0, 0.1) is 6.92 Å². The van der Waals surface area contributed by atoms with Gasteiger partial charge in [-0.2, -0.15) is 0 Å². The molecule has 1 aromatic heterocycles. The summed E-state index contributed by atoms with van der Waals surface area (Å²) in [5.74, 6) is 0.890. The Hall–Kier alpha value is -5.76. The number of para-hydroxylation sites is 1. The van der Waals surface area contributed by atoms with E-state index >= 15 is 4.57 Å². The normalized spacial score (nSPS) is 16.6. The maximum absolute atomic E-state index is 15.8. The van der Waals surface area contributed by atoms with Crippen LogP contribution in [0.15, 0.2) is 170 Å². The Labute approximate surface area is 285 Å². The molecule has 1 unspecified atom stereocenters. The second kappa shape index (κ2) is 10.4. The molecule has 4 heteroatoms. The van der Waals surface area contributed by atoms with Crippen LogP contribution >= 0.6 is 7.14 Å². The number of fused-ring (bicyclic) bond motifs is 5. The van der Waals surface area contributed by atoms with Gasteiger partial charge in [-0.3, -0.25) is 4.57 Å². The molecule has 2 aliphatic rings. The molecule has 7 aromatic carbocycles. The van der Waals surface area contributed by atoms with Crippen molar-refractivity contribution in [3.8, 4) is 27.9 Å². The molecule has 1 atom stereocenters. The van der Waals surface area contributed by atoms with Gasteiger partial charge in [-0.05, 0) is 81.8 Å². The van der Waals surface area contributed by atoms with Gasteiger partial charge in [0.1, 0.15) is 5.82 Å². The number of nitrogens with zero attached hydrogens (tertiary/aromatic N) is 2. The predicted molar refractivity (Wildman–Crippen MR) is 201 cm³/mol. The smallest absolute Gasteiger partial charge is 0.175 e. The highest BCUT2D eigenvalue weighted by Gasteiger charge is 2.46. The highest BCUT2D eigenvalue weighted by molar-refractivity contribution is 7.86. The van der Waals surface area contributed by atoms with E-state index in [1.807, 2.05) is 55.5 Å². The Morgan fingerprint density at radius 3 is 1.90 bits per heavy atom. The molecule has 0 amide bonds. The molecule has 2 heterocycles. The minimum atomic E-state index is -3.24. The zero-order valence-corrected chi connectivity index (χ0v) is 27.8. The summed E-state index contributed by atoms with van der Waals surface area (Å²) < 4.78 is 18.0. The molecule has 0 bridgehead atoms. The van der Waals surface area contributed by atoms with Crippen molar-refractivity contribution in [3.63, 3.8) is 0 Å². The van der Waals surface area contributed by atoms with E-state index in [-0.39, 0.29) is 0 Å². The third-order valence-electron chi connectivity index (χ3n) is 10.6. The SMILES string of the molecule is Cc1nc2cccc3c2n1-c1ccc(-c2ccc4c(c2)C(c2ccccc2)(c2ccccc2)c2ccccc2-4)cc1P3(=O)c1ccccc1. The van der Waals surface area contributed by atoms with Crippen molar-refractivity contribution >= 4 is 34.1 Å². The van der Waals surface area contributed by atoms with E-state index in [1.54, 1.807) is 0 Å². The number of imidazole rings is 1. The highest BCUT2D eigenvalue weighted by atomic mass is 31.2. The van der Waals surface area contributed by atoms with E-state index < -0.39 is 12.6 Å². The van der Waals surface area contributed by atoms with Gasteiger partial charge in [0.25, 0.3) is 0 Å². The molecule has 10 rings (SSSR count).